The number of amidine groups is 1. The van der Waals surface area contributed by atoms with Gasteiger partial charge in [0, 0.05) is 57.1 Å². The molecule has 1 aliphatic heterocycles. The molecular weight excluding hydrogens is 723 g/mol. The summed E-state index contributed by atoms with van der Waals surface area (Å²) in [5, 5.41) is 15.7. The molecule has 0 spiro atoms. The number of methoxy groups -OCH3 is 3. The number of piperazine rings is 1. The Kier molecular flexibility index (Phi) is 15.5. The van der Waals surface area contributed by atoms with Crippen LogP contribution in [0.3, 0.4) is 0 Å². The third-order valence-electron chi connectivity index (χ3n) is 7.97. The number of aliphatic hydroxyl groups excluding tert-OH is 1. The van der Waals surface area contributed by atoms with Crippen LogP contribution < -0.4 is 29.7 Å². The molecule has 0 radical (unpaired) electrons. The zero-order chi connectivity index (χ0) is 35.4. The predicted molar refractivity (Wildman–Crippen MR) is 201 cm³/mol. The molecule has 0 aromatic heterocycles. The number of ether oxygens (including phenoxy) is 3. The summed E-state index contributed by atoms with van der Waals surface area (Å²) in [6, 6.07) is 5.96. The number of nitrogens with one attached hydrogen (secondary N) is 2. The van der Waals surface area contributed by atoms with Crippen molar-refractivity contribution < 1.29 is 24.1 Å². The fourth-order valence-electron chi connectivity index (χ4n) is 5.33. The smallest absolute Gasteiger partial charge is 0.257 e. The van der Waals surface area contributed by atoms with Gasteiger partial charge in [-0.15, -0.1) is 0 Å². The molecule has 0 atom stereocenters. The molecule has 3 N–H and O–H groups in total. The number of carbonyl (C=O) groups is 1. The molecule has 0 saturated carbocycles. The average Bonchev–Trinajstić information content (AvgIpc) is 3.09. The molecule has 1 aliphatic rings. The van der Waals surface area contributed by atoms with Gasteiger partial charge in [-0.25, -0.2) is 0 Å². The quantitative estimate of drug-likeness (QED) is 0.0580. The number of hydrogen-bond donors (Lipinski definition) is 3. The predicted octanol–water partition coefficient (Wildman–Crippen LogP) is 7.07. The van der Waals surface area contributed by atoms with Crippen LogP contribution in [0.1, 0.15) is 33.1 Å². The van der Waals surface area contributed by atoms with Gasteiger partial charge in [-0.2, -0.15) is 0 Å². The van der Waals surface area contributed by atoms with Crippen LogP contribution in [0, 0.1) is 0 Å². The van der Waals surface area contributed by atoms with Crippen molar-refractivity contribution in [2.75, 3.05) is 83.2 Å². The molecule has 1 fully saturated rings. The lowest BCUT2D eigenvalue weighted by atomic mass is 10.0. The van der Waals surface area contributed by atoms with Crippen LogP contribution in [0.4, 0.5) is 17.1 Å². The van der Waals surface area contributed by atoms with E-state index in [-0.39, 0.29) is 39.4 Å². The molecule has 1 amide bonds. The van der Waals surface area contributed by atoms with Crippen LogP contribution >= 0.6 is 39.1 Å². The van der Waals surface area contributed by atoms with E-state index in [1.54, 1.807) is 14.2 Å². The number of halogens is 3. The fourth-order valence-corrected chi connectivity index (χ4v) is 6.95. The lowest BCUT2D eigenvalue weighted by molar-refractivity contribution is -0.112. The molecular formula is C34H45BrCl2N6O5. The summed E-state index contributed by atoms with van der Waals surface area (Å²) in [7, 11) is 6.18. The van der Waals surface area contributed by atoms with Crippen LogP contribution in [0.15, 0.2) is 55.6 Å². The minimum Gasteiger partial charge on any atom is -0.494 e. The molecule has 3 rings (SSSR count). The highest BCUT2D eigenvalue weighted by Gasteiger charge is 2.27. The van der Waals surface area contributed by atoms with Gasteiger partial charge in [-0.1, -0.05) is 49.0 Å². The lowest BCUT2D eigenvalue weighted by Gasteiger charge is -2.36. The van der Waals surface area contributed by atoms with E-state index in [0.717, 1.165) is 44.7 Å². The number of aliphatic imine (C=N–C) groups is 2. The molecule has 48 heavy (non-hydrogen) atoms. The van der Waals surface area contributed by atoms with Crippen molar-refractivity contribution in [3.05, 3.63) is 55.6 Å². The maximum absolute atomic E-state index is 14.0. The highest BCUT2D eigenvalue weighted by molar-refractivity contribution is 9.10. The number of hydrogen-bond acceptors (Lipinski definition) is 9. The number of anilines is 3. The van der Waals surface area contributed by atoms with E-state index >= 15 is 0 Å². The molecule has 0 unspecified atom stereocenters. The van der Waals surface area contributed by atoms with E-state index in [2.05, 4.69) is 60.0 Å². The molecule has 0 aliphatic carbocycles. The van der Waals surface area contributed by atoms with Gasteiger partial charge >= 0.3 is 0 Å². The highest BCUT2D eigenvalue weighted by Crippen LogP contribution is 2.50. The summed E-state index contributed by atoms with van der Waals surface area (Å²) in [6.07, 6.45) is 4.23. The third-order valence-corrected chi connectivity index (χ3v) is 9.41. The first-order chi connectivity index (χ1) is 23.1. The molecule has 14 heteroatoms. The maximum Gasteiger partial charge on any atom is 0.257 e. The number of unbranched alkanes of at least 4 members (excludes halogenated alkanes) is 2. The van der Waals surface area contributed by atoms with Crippen LogP contribution in [-0.4, -0.2) is 96.2 Å². The number of β-amino-alcohol motifs (C(OH)–C–C–N with tert-alkyl or cyclic N) is 1. The standard InChI is InChI=1S/C34H45BrCl2N6O5/c1-8-9-10-11-23(34(45)41-30-27(36)31(47-6)26(35)32(48-7)28(30)37)29(38-3)21(2)33(39-4)40-24-13-12-22(20-25(24)46-5)43-16-14-42(15-17-43)18-19-44/h11-13,20,44H,3,8-10,14-19H2,1-2,4-7H3,(H,39,40)(H,41,45)/b23-11+,29-21-. The Morgan fingerprint density at radius 2 is 1.73 bits per heavy atom. The second kappa shape index (κ2) is 19.0. The van der Waals surface area contributed by atoms with Gasteiger partial charge in [-0.05, 0) is 48.1 Å². The van der Waals surface area contributed by atoms with Crippen molar-refractivity contribution in [1.29, 1.82) is 0 Å². The lowest BCUT2D eigenvalue weighted by Crippen LogP contribution is -2.47. The van der Waals surface area contributed by atoms with Gasteiger partial charge in [0.15, 0.2) is 11.5 Å². The van der Waals surface area contributed by atoms with Gasteiger partial charge in [0.05, 0.1) is 50.6 Å². The molecule has 0 bridgehead atoms. The SMILES string of the molecule is C=NC(=C(/C)C(=NC)Nc1ccc(N2CCN(CCO)CC2)cc1OC)/C(=C\CCCC)C(=O)Nc1c(Cl)c(OC)c(Br)c(OC)c1Cl. The van der Waals surface area contributed by atoms with Gasteiger partial charge in [0.25, 0.3) is 5.91 Å². The van der Waals surface area contributed by atoms with Crippen molar-refractivity contribution in [3.8, 4) is 17.2 Å². The topological polar surface area (TPSA) is 120 Å². The number of benzene rings is 2. The van der Waals surface area contributed by atoms with Crippen molar-refractivity contribution >= 4 is 74.7 Å². The minimum atomic E-state index is -0.500. The largest absolute Gasteiger partial charge is 0.494 e. The summed E-state index contributed by atoms with van der Waals surface area (Å²) < 4.78 is 17.1. The normalized spacial score (nSPS) is 14.8. The number of amides is 1. The summed E-state index contributed by atoms with van der Waals surface area (Å²) >= 11 is 16.7. The average molecular weight is 769 g/mol. The van der Waals surface area contributed by atoms with E-state index in [1.807, 2.05) is 31.2 Å². The van der Waals surface area contributed by atoms with Gasteiger partial charge in [0.1, 0.15) is 26.1 Å². The molecule has 262 valence electrons. The van der Waals surface area contributed by atoms with Crippen LogP contribution in [0.2, 0.25) is 10.0 Å². The van der Waals surface area contributed by atoms with Crippen molar-refractivity contribution in [2.24, 2.45) is 9.98 Å². The second-order valence-electron chi connectivity index (χ2n) is 10.9. The van der Waals surface area contributed by atoms with E-state index < -0.39 is 5.91 Å². The van der Waals surface area contributed by atoms with E-state index in [1.165, 1.54) is 14.2 Å². The number of aliphatic hydroxyl groups is 1. The van der Waals surface area contributed by atoms with Crippen molar-refractivity contribution in [2.45, 2.75) is 33.1 Å². The van der Waals surface area contributed by atoms with Crippen LogP contribution in [0.25, 0.3) is 0 Å². The Bertz CT molecular complexity index is 1530. The summed E-state index contributed by atoms with van der Waals surface area (Å²) in [6.45, 7) is 12.0. The molecule has 1 saturated heterocycles. The molecule has 2 aromatic carbocycles. The Hall–Kier alpha value is -3.29. The Labute approximate surface area is 301 Å². The van der Waals surface area contributed by atoms with Crippen molar-refractivity contribution in [3.63, 3.8) is 0 Å². The Morgan fingerprint density at radius 3 is 2.25 bits per heavy atom. The summed E-state index contributed by atoms with van der Waals surface area (Å²) in [5.41, 5.74) is 3.04. The fraction of sp³-hybridized carbons (Fsp3) is 0.441. The Morgan fingerprint density at radius 1 is 1.08 bits per heavy atom. The minimum absolute atomic E-state index is 0.102. The third kappa shape index (κ3) is 9.23. The van der Waals surface area contributed by atoms with E-state index in [9.17, 15) is 9.90 Å². The Balaban J connectivity index is 1.97. The highest BCUT2D eigenvalue weighted by atomic mass is 79.9. The number of allylic oxidation sites excluding steroid dienone is 1. The zero-order valence-corrected chi connectivity index (χ0v) is 31.5. The number of rotatable bonds is 15. The van der Waals surface area contributed by atoms with Crippen LogP contribution in [-0.2, 0) is 4.79 Å². The molecule has 1 heterocycles. The maximum atomic E-state index is 14.0. The first-order valence-corrected chi connectivity index (χ1v) is 17.1. The summed E-state index contributed by atoms with van der Waals surface area (Å²) in [5.74, 6) is 1.11. The van der Waals surface area contributed by atoms with E-state index in [4.69, 9.17) is 37.4 Å². The first kappa shape index (κ1) is 39.2. The monoisotopic (exact) mass is 766 g/mol. The first-order valence-electron chi connectivity index (χ1n) is 15.6. The zero-order valence-electron chi connectivity index (χ0n) is 28.4. The second-order valence-corrected chi connectivity index (χ2v) is 12.4. The molecule has 11 nitrogen and oxygen atoms in total. The number of carbonyl (C=O) groups excluding carboxylic acids is 1. The van der Waals surface area contributed by atoms with Gasteiger partial charge < -0.3 is 34.9 Å². The van der Waals surface area contributed by atoms with Crippen LogP contribution in [0.5, 0.6) is 17.2 Å². The van der Waals surface area contributed by atoms with Crippen molar-refractivity contribution in [1.82, 2.24) is 4.90 Å². The summed E-state index contributed by atoms with van der Waals surface area (Å²) in [4.78, 5) is 27.3. The van der Waals surface area contributed by atoms with Gasteiger partial charge in [-0.3, -0.25) is 19.7 Å². The van der Waals surface area contributed by atoms with Gasteiger partial charge in [0.2, 0.25) is 0 Å². The number of nitrogens with zero attached hydrogens (tertiary/aromatic N) is 4. The van der Waals surface area contributed by atoms with E-state index in [0.29, 0.717) is 46.0 Å². The molecule has 2 aromatic rings.